The Morgan fingerprint density at radius 1 is 1.05 bits per heavy atom. The Bertz CT molecular complexity index is 468. The molecule has 1 fully saturated rings. The van der Waals surface area contributed by atoms with Crippen molar-refractivity contribution in [2.24, 2.45) is 5.73 Å². The first-order valence-electron chi connectivity index (χ1n) is 7.67. The minimum atomic E-state index is -0.235. The van der Waals surface area contributed by atoms with Crippen LogP contribution >= 0.6 is 0 Å². The van der Waals surface area contributed by atoms with Gasteiger partial charge in [0, 0.05) is 32.7 Å². The molecule has 0 bridgehead atoms. The number of hydrogen-bond donors (Lipinski definition) is 1. The van der Waals surface area contributed by atoms with E-state index < -0.39 is 0 Å². The van der Waals surface area contributed by atoms with E-state index in [2.05, 4.69) is 54.8 Å². The Morgan fingerprint density at radius 3 is 2.05 bits per heavy atom. The zero-order valence-corrected chi connectivity index (χ0v) is 13.4. The maximum Gasteiger partial charge on any atom is 0.231 e. The fourth-order valence-electron chi connectivity index (χ4n) is 2.69. The number of nitrogens with two attached hydrogens (primary N) is 1. The highest BCUT2D eigenvalue weighted by Crippen LogP contribution is 2.22. The van der Waals surface area contributed by atoms with Crippen molar-refractivity contribution in [3.05, 3.63) is 35.4 Å². The van der Waals surface area contributed by atoms with Gasteiger partial charge in [0.1, 0.15) is 0 Å². The number of rotatable bonds is 4. The Hall–Kier alpha value is -1.39. The monoisotopic (exact) mass is 289 g/mol. The van der Waals surface area contributed by atoms with Gasteiger partial charge in [-0.05, 0) is 16.5 Å². The van der Waals surface area contributed by atoms with Gasteiger partial charge in [0.15, 0.2) is 0 Å². The van der Waals surface area contributed by atoms with E-state index >= 15 is 0 Å². The van der Waals surface area contributed by atoms with Crippen molar-refractivity contribution in [3.8, 4) is 0 Å². The third kappa shape index (κ3) is 4.83. The molecule has 0 radical (unpaired) electrons. The van der Waals surface area contributed by atoms with Gasteiger partial charge >= 0.3 is 0 Å². The van der Waals surface area contributed by atoms with E-state index in [0.29, 0.717) is 6.54 Å². The Balaban J connectivity index is 1.85. The van der Waals surface area contributed by atoms with Gasteiger partial charge in [0.25, 0.3) is 0 Å². The number of carbonyl (C=O) groups is 1. The number of carbonyl (C=O) groups excluding carboxylic acids is 1. The average molecular weight is 289 g/mol. The summed E-state index contributed by atoms with van der Waals surface area (Å²) in [6, 6.07) is 8.93. The number of benzene rings is 1. The van der Waals surface area contributed by atoms with Gasteiger partial charge in [-0.2, -0.15) is 0 Å². The van der Waals surface area contributed by atoms with Crippen molar-refractivity contribution in [3.63, 3.8) is 0 Å². The van der Waals surface area contributed by atoms with E-state index in [0.717, 1.165) is 32.7 Å². The van der Waals surface area contributed by atoms with Gasteiger partial charge in [-0.1, -0.05) is 45.0 Å². The van der Waals surface area contributed by atoms with E-state index in [9.17, 15) is 4.79 Å². The minimum Gasteiger partial charge on any atom is -0.369 e. The first-order valence-corrected chi connectivity index (χ1v) is 7.67. The lowest BCUT2D eigenvalue weighted by atomic mass is 9.87. The van der Waals surface area contributed by atoms with Crippen LogP contribution in [0.1, 0.15) is 31.9 Å². The third-order valence-corrected chi connectivity index (χ3v) is 4.07. The Morgan fingerprint density at radius 2 is 1.57 bits per heavy atom. The quantitative estimate of drug-likeness (QED) is 0.915. The second-order valence-electron chi connectivity index (χ2n) is 6.97. The first kappa shape index (κ1) is 16.0. The molecule has 0 atom stereocenters. The van der Waals surface area contributed by atoms with Crippen LogP contribution in [0.2, 0.25) is 0 Å². The lowest BCUT2D eigenvalue weighted by Crippen LogP contribution is -2.48. The maximum atomic E-state index is 10.9. The maximum absolute atomic E-state index is 10.9. The molecule has 2 N–H and O–H groups in total. The first-order chi connectivity index (χ1) is 9.84. The highest BCUT2D eigenvalue weighted by atomic mass is 16.1. The normalized spacial score (nSPS) is 17.9. The topological polar surface area (TPSA) is 49.6 Å². The van der Waals surface area contributed by atoms with Crippen LogP contribution in [0.4, 0.5) is 0 Å². The van der Waals surface area contributed by atoms with Crippen LogP contribution in [-0.4, -0.2) is 48.4 Å². The summed E-state index contributed by atoms with van der Waals surface area (Å²) in [6.07, 6.45) is 0. The van der Waals surface area contributed by atoms with Crippen molar-refractivity contribution in [1.82, 2.24) is 9.80 Å². The van der Waals surface area contributed by atoms with E-state index in [-0.39, 0.29) is 11.3 Å². The minimum absolute atomic E-state index is 0.207. The highest BCUT2D eigenvalue weighted by Gasteiger charge is 2.18. The molecule has 2 rings (SSSR count). The molecular weight excluding hydrogens is 262 g/mol. The Labute approximate surface area is 127 Å². The molecule has 4 heteroatoms. The predicted molar refractivity (Wildman–Crippen MR) is 86.1 cm³/mol. The molecule has 1 heterocycles. The van der Waals surface area contributed by atoms with Gasteiger partial charge in [-0.3, -0.25) is 14.6 Å². The van der Waals surface area contributed by atoms with E-state index in [4.69, 9.17) is 5.73 Å². The molecule has 1 aromatic carbocycles. The third-order valence-electron chi connectivity index (χ3n) is 4.07. The molecular formula is C17H27N3O. The molecule has 0 aliphatic carbocycles. The van der Waals surface area contributed by atoms with Crippen molar-refractivity contribution in [2.45, 2.75) is 32.7 Å². The molecule has 116 valence electrons. The van der Waals surface area contributed by atoms with Crippen LogP contribution in [0, 0.1) is 0 Å². The SMILES string of the molecule is CC(C)(C)c1ccc(CN2CCN(CC(N)=O)CC2)cc1. The molecule has 0 saturated carbocycles. The van der Waals surface area contributed by atoms with Gasteiger partial charge in [-0.15, -0.1) is 0 Å². The van der Waals surface area contributed by atoms with Gasteiger partial charge in [0.2, 0.25) is 5.91 Å². The van der Waals surface area contributed by atoms with Crippen LogP contribution in [0.3, 0.4) is 0 Å². The lowest BCUT2D eigenvalue weighted by Gasteiger charge is -2.34. The molecule has 1 aliphatic heterocycles. The van der Waals surface area contributed by atoms with Gasteiger partial charge < -0.3 is 5.73 Å². The summed E-state index contributed by atoms with van der Waals surface area (Å²) in [5.74, 6) is -0.235. The van der Waals surface area contributed by atoms with Crippen LogP contribution in [-0.2, 0) is 16.8 Å². The molecule has 0 spiro atoms. The predicted octanol–water partition coefficient (Wildman–Crippen LogP) is 1.59. The average Bonchev–Trinajstić information content (AvgIpc) is 2.40. The summed E-state index contributed by atoms with van der Waals surface area (Å²) in [5.41, 5.74) is 8.17. The fraction of sp³-hybridized carbons (Fsp3) is 0.588. The number of piperazine rings is 1. The van der Waals surface area contributed by atoms with Gasteiger partial charge in [-0.25, -0.2) is 0 Å². The number of nitrogens with zero attached hydrogens (tertiary/aromatic N) is 2. The van der Waals surface area contributed by atoms with E-state index in [1.165, 1.54) is 11.1 Å². The molecule has 1 aromatic rings. The largest absolute Gasteiger partial charge is 0.369 e. The molecule has 0 aromatic heterocycles. The lowest BCUT2D eigenvalue weighted by molar-refractivity contribution is -0.119. The zero-order chi connectivity index (χ0) is 15.5. The number of amides is 1. The summed E-state index contributed by atoms with van der Waals surface area (Å²) >= 11 is 0. The Kier molecular flexibility index (Phi) is 5.01. The second-order valence-corrected chi connectivity index (χ2v) is 6.97. The summed E-state index contributed by atoms with van der Waals surface area (Å²) in [7, 11) is 0. The van der Waals surface area contributed by atoms with Crippen LogP contribution in [0.5, 0.6) is 0 Å². The van der Waals surface area contributed by atoms with Crippen molar-refractivity contribution in [1.29, 1.82) is 0 Å². The molecule has 1 amide bonds. The molecule has 21 heavy (non-hydrogen) atoms. The number of primary amides is 1. The summed E-state index contributed by atoms with van der Waals surface area (Å²) in [4.78, 5) is 15.5. The number of hydrogen-bond acceptors (Lipinski definition) is 3. The van der Waals surface area contributed by atoms with Crippen LogP contribution < -0.4 is 5.73 Å². The van der Waals surface area contributed by atoms with Crippen molar-refractivity contribution < 1.29 is 4.79 Å². The van der Waals surface area contributed by atoms with E-state index in [1.54, 1.807) is 0 Å². The molecule has 0 unspecified atom stereocenters. The van der Waals surface area contributed by atoms with Crippen LogP contribution in [0.25, 0.3) is 0 Å². The molecule has 1 aliphatic rings. The summed E-state index contributed by atoms with van der Waals surface area (Å²) in [6.45, 7) is 11.9. The van der Waals surface area contributed by atoms with Crippen LogP contribution in [0.15, 0.2) is 24.3 Å². The fourth-order valence-corrected chi connectivity index (χ4v) is 2.69. The van der Waals surface area contributed by atoms with Gasteiger partial charge in [0.05, 0.1) is 6.54 Å². The second kappa shape index (κ2) is 6.58. The zero-order valence-electron chi connectivity index (χ0n) is 13.4. The van der Waals surface area contributed by atoms with Crippen molar-refractivity contribution in [2.75, 3.05) is 32.7 Å². The molecule has 1 saturated heterocycles. The smallest absolute Gasteiger partial charge is 0.231 e. The summed E-state index contributed by atoms with van der Waals surface area (Å²) < 4.78 is 0. The highest BCUT2D eigenvalue weighted by molar-refractivity contribution is 5.75. The molecule has 4 nitrogen and oxygen atoms in total. The van der Waals surface area contributed by atoms with Crippen molar-refractivity contribution >= 4 is 5.91 Å². The summed E-state index contributed by atoms with van der Waals surface area (Å²) in [5, 5.41) is 0. The van der Waals surface area contributed by atoms with E-state index in [1.807, 2.05) is 0 Å². The standard InChI is InChI=1S/C17H27N3O/c1-17(2,3)15-6-4-14(5-7-15)12-19-8-10-20(11-9-19)13-16(18)21/h4-7H,8-13H2,1-3H3,(H2,18,21).